The molecule has 0 aromatic heterocycles. The van der Waals surface area contributed by atoms with E-state index in [1.807, 2.05) is 36.4 Å². The highest BCUT2D eigenvalue weighted by molar-refractivity contribution is 5.92. The summed E-state index contributed by atoms with van der Waals surface area (Å²) in [5.41, 5.74) is 1.64. The van der Waals surface area contributed by atoms with Crippen LogP contribution in [0.15, 0.2) is 66.7 Å². The first-order chi connectivity index (χ1) is 16.5. The number of methoxy groups -OCH3 is 3. The van der Waals surface area contributed by atoms with E-state index in [1.54, 1.807) is 43.4 Å². The molecule has 0 unspecified atom stereocenters. The van der Waals surface area contributed by atoms with Crippen LogP contribution < -0.4 is 18.9 Å². The highest BCUT2D eigenvalue weighted by atomic mass is 16.5. The molecule has 0 heterocycles. The predicted octanol–water partition coefficient (Wildman–Crippen LogP) is 4.02. The zero-order valence-corrected chi connectivity index (χ0v) is 19.3. The number of hydrogen-bond acceptors (Lipinski definition) is 6. The van der Waals surface area contributed by atoms with Crippen molar-refractivity contribution in [2.75, 3.05) is 27.9 Å². The molecule has 178 valence electrons. The molecular weight excluding hydrogens is 438 g/mol. The molecule has 0 aliphatic carbocycles. The third-order valence-electron chi connectivity index (χ3n) is 5.19. The van der Waals surface area contributed by atoms with Crippen molar-refractivity contribution in [1.82, 2.24) is 4.90 Å². The lowest BCUT2D eigenvalue weighted by Crippen LogP contribution is -2.34. The van der Waals surface area contributed by atoms with Crippen molar-refractivity contribution in [3.63, 3.8) is 0 Å². The highest BCUT2D eigenvalue weighted by Gasteiger charge is 2.21. The van der Waals surface area contributed by atoms with Gasteiger partial charge < -0.3 is 29.0 Å². The molecule has 0 bridgehead atoms. The smallest absolute Gasteiger partial charge is 0.339 e. The van der Waals surface area contributed by atoms with Crippen LogP contribution in [0.1, 0.15) is 21.5 Å². The maximum absolute atomic E-state index is 13.3. The average Bonchev–Trinajstić information content (AvgIpc) is 2.87. The van der Waals surface area contributed by atoms with E-state index in [0.717, 1.165) is 11.1 Å². The summed E-state index contributed by atoms with van der Waals surface area (Å²) in [6.07, 6.45) is 0. The molecule has 0 aliphatic rings. The lowest BCUT2D eigenvalue weighted by molar-refractivity contribution is -0.134. The Morgan fingerprint density at radius 1 is 0.824 bits per heavy atom. The Balaban J connectivity index is 1.86. The number of nitrogens with zero attached hydrogens (tertiary/aromatic N) is 1. The van der Waals surface area contributed by atoms with Gasteiger partial charge in [0.1, 0.15) is 17.1 Å². The van der Waals surface area contributed by atoms with E-state index in [2.05, 4.69) is 0 Å². The lowest BCUT2D eigenvalue weighted by Gasteiger charge is -2.24. The molecule has 0 radical (unpaired) electrons. The number of para-hydroxylation sites is 1. The molecule has 1 N–H and O–H groups in total. The van der Waals surface area contributed by atoms with Gasteiger partial charge >= 0.3 is 5.97 Å². The molecule has 1 amide bonds. The Hall–Kier alpha value is -4.20. The number of hydrogen-bond donors (Lipinski definition) is 1. The van der Waals surface area contributed by atoms with E-state index in [0.29, 0.717) is 18.0 Å². The number of aromatic carboxylic acids is 1. The molecular formula is C26H27NO7. The molecule has 0 atom stereocenters. The van der Waals surface area contributed by atoms with Crippen LogP contribution >= 0.6 is 0 Å². The van der Waals surface area contributed by atoms with Crippen molar-refractivity contribution >= 4 is 11.9 Å². The zero-order valence-electron chi connectivity index (χ0n) is 19.3. The summed E-state index contributed by atoms with van der Waals surface area (Å²) in [4.78, 5) is 26.5. The number of carboxylic acids is 1. The quantitative estimate of drug-likeness (QED) is 0.457. The van der Waals surface area contributed by atoms with Crippen LogP contribution in [0.3, 0.4) is 0 Å². The van der Waals surface area contributed by atoms with E-state index >= 15 is 0 Å². The summed E-state index contributed by atoms with van der Waals surface area (Å²) in [5.74, 6) is -0.0348. The number of rotatable bonds is 11. The van der Waals surface area contributed by atoms with Crippen LogP contribution in [-0.2, 0) is 17.9 Å². The second kappa shape index (κ2) is 11.6. The van der Waals surface area contributed by atoms with E-state index in [4.69, 9.17) is 18.9 Å². The van der Waals surface area contributed by atoms with Crippen LogP contribution in [0.2, 0.25) is 0 Å². The zero-order chi connectivity index (χ0) is 24.5. The number of carbonyl (C=O) groups excluding carboxylic acids is 1. The van der Waals surface area contributed by atoms with Crippen molar-refractivity contribution in [2.24, 2.45) is 0 Å². The van der Waals surface area contributed by atoms with Gasteiger partial charge in [0.05, 0.1) is 21.3 Å². The molecule has 0 aliphatic heterocycles. The molecule has 3 aromatic rings. The lowest BCUT2D eigenvalue weighted by atomic mass is 10.1. The largest absolute Gasteiger partial charge is 0.497 e. The predicted molar refractivity (Wildman–Crippen MR) is 126 cm³/mol. The molecule has 3 aromatic carbocycles. The number of carboxylic acid groups (broad SMARTS) is 1. The second-order valence-electron chi connectivity index (χ2n) is 7.34. The van der Waals surface area contributed by atoms with Gasteiger partial charge in [-0.3, -0.25) is 4.79 Å². The number of benzene rings is 3. The Morgan fingerprint density at radius 2 is 1.56 bits per heavy atom. The maximum Gasteiger partial charge on any atom is 0.339 e. The highest BCUT2D eigenvalue weighted by Crippen LogP contribution is 2.31. The first-order valence-electron chi connectivity index (χ1n) is 10.5. The molecule has 0 saturated carbocycles. The average molecular weight is 466 g/mol. The van der Waals surface area contributed by atoms with E-state index < -0.39 is 5.97 Å². The summed E-state index contributed by atoms with van der Waals surface area (Å²) in [6, 6.07) is 19.5. The minimum Gasteiger partial charge on any atom is -0.497 e. The number of carbonyl (C=O) groups is 2. The molecule has 34 heavy (non-hydrogen) atoms. The maximum atomic E-state index is 13.3. The third-order valence-corrected chi connectivity index (χ3v) is 5.19. The normalized spacial score (nSPS) is 10.3. The molecule has 3 rings (SSSR count). The van der Waals surface area contributed by atoms with Crippen LogP contribution in [0.4, 0.5) is 0 Å². The standard InChI is InChI=1S/C26H27NO7/c1-31-20-13-12-19(23(14-20)33-3)16-27(15-18-8-5-4-6-9-18)24(28)17-34-25-21(26(29)30)10-7-11-22(25)32-2/h4-14H,15-17H2,1-3H3,(H,29,30). The van der Waals surface area contributed by atoms with Gasteiger partial charge in [-0.1, -0.05) is 36.4 Å². The van der Waals surface area contributed by atoms with Gasteiger partial charge in [0.15, 0.2) is 18.1 Å². The van der Waals surface area contributed by atoms with Gasteiger partial charge in [-0.05, 0) is 29.8 Å². The van der Waals surface area contributed by atoms with Gasteiger partial charge in [-0.15, -0.1) is 0 Å². The van der Waals surface area contributed by atoms with Crippen molar-refractivity contribution in [3.8, 4) is 23.0 Å². The molecule has 0 saturated heterocycles. The van der Waals surface area contributed by atoms with E-state index in [-0.39, 0.29) is 36.1 Å². The number of amides is 1. The third kappa shape index (κ3) is 5.98. The number of ether oxygens (including phenoxy) is 4. The molecule has 0 fully saturated rings. The van der Waals surface area contributed by atoms with Crippen LogP contribution in [0.5, 0.6) is 23.0 Å². The first kappa shape index (κ1) is 24.4. The van der Waals surface area contributed by atoms with E-state index in [1.165, 1.54) is 13.2 Å². The van der Waals surface area contributed by atoms with Crippen LogP contribution in [0, 0.1) is 0 Å². The van der Waals surface area contributed by atoms with Crippen molar-refractivity contribution in [1.29, 1.82) is 0 Å². The Morgan fingerprint density at radius 3 is 2.21 bits per heavy atom. The van der Waals surface area contributed by atoms with Crippen molar-refractivity contribution in [3.05, 3.63) is 83.4 Å². The summed E-state index contributed by atoms with van der Waals surface area (Å²) in [7, 11) is 4.54. The monoisotopic (exact) mass is 465 g/mol. The van der Waals surface area contributed by atoms with Gasteiger partial charge in [-0.2, -0.15) is 0 Å². The Bertz CT molecular complexity index is 1130. The topological polar surface area (TPSA) is 94.5 Å². The second-order valence-corrected chi connectivity index (χ2v) is 7.34. The van der Waals surface area contributed by atoms with Crippen molar-refractivity contribution < 1.29 is 33.6 Å². The summed E-state index contributed by atoms with van der Waals surface area (Å²) >= 11 is 0. The Kier molecular flexibility index (Phi) is 8.34. The Labute approximate surface area is 198 Å². The van der Waals surface area contributed by atoms with Gasteiger partial charge in [0.2, 0.25) is 0 Å². The summed E-state index contributed by atoms with van der Waals surface area (Å²) in [5, 5.41) is 9.50. The van der Waals surface area contributed by atoms with Crippen LogP contribution in [-0.4, -0.2) is 49.8 Å². The van der Waals surface area contributed by atoms with E-state index in [9.17, 15) is 14.7 Å². The summed E-state index contributed by atoms with van der Waals surface area (Å²) in [6.45, 7) is 0.212. The summed E-state index contributed by atoms with van der Waals surface area (Å²) < 4.78 is 21.7. The van der Waals surface area contributed by atoms with Gasteiger partial charge in [0.25, 0.3) is 5.91 Å². The molecule has 0 spiro atoms. The molecule has 8 nitrogen and oxygen atoms in total. The van der Waals surface area contributed by atoms with Gasteiger partial charge in [0, 0.05) is 24.7 Å². The van der Waals surface area contributed by atoms with Crippen molar-refractivity contribution in [2.45, 2.75) is 13.1 Å². The fourth-order valence-electron chi connectivity index (χ4n) is 3.44. The fraction of sp³-hybridized carbons (Fsp3) is 0.231. The first-order valence-corrected chi connectivity index (χ1v) is 10.5. The SMILES string of the molecule is COc1ccc(CN(Cc2ccccc2)C(=O)COc2c(OC)cccc2C(=O)O)c(OC)c1. The minimum absolute atomic E-state index is 0.00698. The minimum atomic E-state index is -1.18. The molecule has 8 heteroatoms. The fourth-order valence-corrected chi connectivity index (χ4v) is 3.44. The van der Waals surface area contributed by atoms with Gasteiger partial charge in [-0.25, -0.2) is 4.79 Å². The van der Waals surface area contributed by atoms with Crippen LogP contribution in [0.25, 0.3) is 0 Å².